The van der Waals surface area contributed by atoms with Gasteiger partial charge in [0.25, 0.3) is 0 Å². The SMILES string of the molecule is CCCCC/C=C\C/C=C\C/C=C\C/C=C\C/C=C\CCC(=O)OC[C@H](COP(=O)(O)OCC[N+](C)(C)C)OC(=O)CCCCCCCCCCCCC. The lowest BCUT2D eigenvalue weighted by molar-refractivity contribution is -0.870. The van der Waals surface area contributed by atoms with Gasteiger partial charge in [0.05, 0.1) is 27.7 Å². The van der Waals surface area contributed by atoms with E-state index in [-0.39, 0.29) is 26.1 Å². The average molecular weight is 781 g/mol. The molecule has 0 aliphatic heterocycles. The van der Waals surface area contributed by atoms with E-state index in [4.69, 9.17) is 18.5 Å². The van der Waals surface area contributed by atoms with Crippen LogP contribution in [0.3, 0.4) is 0 Å². The number of allylic oxidation sites excluding steroid dienone is 10. The second kappa shape index (κ2) is 36.4. The zero-order valence-electron chi connectivity index (χ0n) is 34.9. The van der Waals surface area contributed by atoms with Crippen molar-refractivity contribution in [3.63, 3.8) is 0 Å². The van der Waals surface area contributed by atoms with Gasteiger partial charge in [0.2, 0.25) is 0 Å². The molecule has 0 rings (SSSR count). The standard InChI is InChI=1S/C44H78NO8P/c1-6-8-10-12-14-16-18-19-20-21-22-23-24-25-27-28-30-32-34-36-43(46)50-40-42(41-52-54(48,49)51-39-38-45(3,4)5)53-44(47)37-35-33-31-29-26-17-15-13-11-9-7-2/h14,16,19-20,22-23,25,27,30,32,42H,6-13,15,17-18,21,24,26,28-29,31,33-41H2,1-5H3/p+1/b16-14-,20-19-,23-22-,27-25-,32-30-/t42-/m1/s1. The lowest BCUT2D eigenvalue weighted by Gasteiger charge is -2.24. The first kappa shape index (κ1) is 51.7. The number of carbonyl (C=O) groups excluding carboxylic acids is 2. The molecule has 0 bridgehead atoms. The molecule has 0 aliphatic rings. The molecular formula is C44H79NO8P+. The summed E-state index contributed by atoms with van der Waals surface area (Å²) < 4.78 is 34.1. The summed E-state index contributed by atoms with van der Waals surface area (Å²) in [6.07, 6.45) is 42.8. The van der Waals surface area contributed by atoms with Crippen molar-refractivity contribution in [2.24, 2.45) is 0 Å². The van der Waals surface area contributed by atoms with Gasteiger partial charge >= 0.3 is 19.8 Å². The molecule has 0 aromatic carbocycles. The van der Waals surface area contributed by atoms with E-state index in [0.29, 0.717) is 23.9 Å². The summed E-state index contributed by atoms with van der Waals surface area (Å²) in [5.74, 6) is -0.899. The minimum atomic E-state index is -4.39. The van der Waals surface area contributed by atoms with Crippen LogP contribution < -0.4 is 0 Å². The Morgan fingerprint density at radius 2 is 1.04 bits per heavy atom. The van der Waals surface area contributed by atoms with Crippen LogP contribution in [0.25, 0.3) is 0 Å². The van der Waals surface area contributed by atoms with Crippen LogP contribution in [-0.2, 0) is 32.7 Å². The number of phosphoric ester groups is 1. The lowest BCUT2D eigenvalue weighted by Crippen LogP contribution is -2.37. The van der Waals surface area contributed by atoms with Gasteiger partial charge in [-0.15, -0.1) is 0 Å². The zero-order chi connectivity index (χ0) is 40.0. The Labute approximate surface area is 330 Å². The molecule has 1 unspecified atom stereocenters. The summed E-state index contributed by atoms with van der Waals surface area (Å²) in [6.45, 7) is 4.28. The van der Waals surface area contributed by atoms with E-state index in [1.54, 1.807) is 0 Å². The molecule has 0 spiro atoms. The topological polar surface area (TPSA) is 108 Å². The van der Waals surface area contributed by atoms with Crippen LogP contribution in [0, 0.1) is 0 Å². The van der Waals surface area contributed by atoms with E-state index in [0.717, 1.165) is 44.9 Å². The molecule has 312 valence electrons. The second-order valence-electron chi connectivity index (χ2n) is 15.0. The molecule has 54 heavy (non-hydrogen) atoms. The molecule has 1 N–H and O–H groups in total. The second-order valence-corrected chi connectivity index (χ2v) is 16.5. The van der Waals surface area contributed by atoms with Crippen molar-refractivity contribution in [2.75, 3.05) is 47.5 Å². The molecule has 0 saturated carbocycles. The van der Waals surface area contributed by atoms with Gasteiger partial charge in [-0.1, -0.05) is 152 Å². The Morgan fingerprint density at radius 3 is 1.56 bits per heavy atom. The normalized spacial score (nSPS) is 14.3. The zero-order valence-corrected chi connectivity index (χ0v) is 35.8. The summed E-state index contributed by atoms with van der Waals surface area (Å²) >= 11 is 0. The highest BCUT2D eigenvalue weighted by Crippen LogP contribution is 2.43. The van der Waals surface area contributed by atoms with E-state index in [1.165, 1.54) is 70.6 Å². The molecule has 0 heterocycles. The lowest BCUT2D eigenvalue weighted by atomic mass is 10.1. The van der Waals surface area contributed by atoms with Crippen molar-refractivity contribution in [2.45, 2.75) is 161 Å². The van der Waals surface area contributed by atoms with Crippen molar-refractivity contribution >= 4 is 19.8 Å². The van der Waals surface area contributed by atoms with Gasteiger partial charge in [0.1, 0.15) is 19.8 Å². The van der Waals surface area contributed by atoms with Crippen molar-refractivity contribution in [1.82, 2.24) is 0 Å². The Kier molecular flexibility index (Phi) is 34.8. The van der Waals surface area contributed by atoms with Crippen LogP contribution in [0.15, 0.2) is 60.8 Å². The number of rotatable bonds is 37. The van der Waals surface area contributed by atoms with Crippen molar-refractivity contribution < 1.29 is 42.1 Å². The quantitative estimate of drug-likeness (QED) is 0.0218. The monoisotopic (exact) mass is 781 g/mol. The maximum absolute atomic E-state index is 12.6. The predicted octanol–water partition coefficient (Wildman–Crippen LogP) is 11.7. The Balaban J connectivity index is 4.49. The minimum absolute atomic E-state index is 0.0194. The maximum atomic E-state index is 12.6. The van der Waals surface area contributed by atoms with Crippen molar-refractivity contribution in [3.8, 4) is 0 Å². The van der Waals surface area contributed by atoms with E-state index in [1.807, 2.05) is 33.3 Å². The third-order valence-electron chi connectivity index (χ3n) is 8.56. The fraction of sp³-hybridized carbons (Fsp3) is 0.727. The third kappa shape index (κ3) is 39.4. The summed E-state index contributed by atoms with van der Waals surface area (Å²) in [7, 11) is 1.43. The molecule has 2 atom stereocenters. The smallest absolute Gasteiger partial charge is 0.462 e. The van der Waals surface area contributed by atoms with E-state index < -0.39 is 32.5 Å². The molecule has 0 saturated heterocycles. The van der Waals surface area contributed by atoms with E-state index in [9.17, 15) is 19.0 Å². The van der Waals surface area contributed by atoms with Crippen LogP contribution in [0.1, 0.15) is 155 Å². The van der Waals surface area contributed by atoms with Gasteiger partial charge in [0, 0.05) is 12.8 Å². The molecule has 0 radical (unpaired) electrons. The number of ether oxygens (including phenoxy) is 2. The number of unbranched alkanes of at least 4 members (excludes halogenated alkanes) is 13. The Bertz CT molecular complexity index is 1110. The van der Waals surface area contributed by atoms with Crippen molar-refractivity contribution in [3.05, 3.63) is 60.8 Å². The molecule has 10 heteroatoms. The van der Waals surface area contributed by atoms with Gasteiger partial charge in [-0.2, -0.15) is 0 Å². The molecule has 0 aromatic heterocycles. The summed E-state index contributed by atoms with van der Waals surface area (Å²) in [5, 5.41) is 0. The van der Waals surface area contributed by atoms with Crippen LogP contribution in [0.2, 0.25) is 0 Å². The third-order valence-corrected chi connectivity index (χ3v) is 9.55. The van der Waals surface area contributed by atoms with Crippen molar-refractivity contribution in [1.29, 1.82) is 0 Å². The van der Waals surface area contributed by atoms with Gasteiger partial charge < -0.3 is 18.9 Å². The summed E-state index contributed by atoms with van der Waals surface area (Å²) in [4.78, 5) is 35.2. The summed E-state index contributed by atoms with van der Waals surface area (Å²) in [6, 6.07) is 0. The fourth-order valence-electron chi connectivity index (χ4n) is 5.23. The number of hydrogen-bond donors (Lipinski definition) is 1. The highest BCUT2D eigenvalue weighted by molar-refractivity contribution is 7.47. The van der Waals surface area contributed by atoms with Crippen LogP contribution in [0.4, 0.5) is 0 Å². The first-order chi connectivity index (χ1) is 26.0. The number of esters is 2. The first-order valence-corrected chi connectivity index (χ1v) is 22.5. The number of phosphoric acid groups is 1. The Morgan fingerprint density at radius 1 is 0.574 bits per heavy atom. The van der Waals surface area contributed by atoms with E-state index >= 15 is 0 Å². The maximum Gasteiger partial charge on any atom is 0.472 e. The molecular weight excluding hydrogens is 701 g/mol. The van der Waals surface area contributed by atoms with Gasteiger partial charge in [-0.25, -0.2) is 4.57 Å². The first-order valence-electron chi connectivity index (χ1n) is 21.0. The van der Waals surface area contributed by atoms with Gasteiger partial charge in [-0.3, -0.25) is 18.6 Å². The summed E-state index contributed by atoms with van der Waals surface area (Å²) in [5.41, 5.74) is 0. The average Bonchev–Trinajstić information content (AvgIpc) is 3.12. The van der Waals surface area contributed by atoms with Crippen LogP contribution >= 0.6 is 7.82 Å². The molecule has 0 fully saturated rings. The highest BCUT2D eigenvalue weighted by Gasteiger charge is 2.27. The molecule has 0 aromatic rings. The van der Waals surface area contributed by atoms with Gasteiger partial charge in [0.15, 0.2) is 6.10 Å². The van der Waals surface area contributed by atoms with E-state index in [2.05, 4.69) is 62.5 Å². The minimum Gasteiger partial charge on any atom is -0.462 e. The van der Waals surface area contributed by atoms with Crippen LogP contribution in [0.5, 0.6) is 0 Å². The number of nitrogens with zero attached hydrogens (tertiary/aromatic N) is 1. The fourth-order valence-corrected chi connectivity index (χ4v) is 5.97. The van der Waals surface area contributed by atoms with Crippen LogP contribution in [-0.4, -0.2) is 74.9 Å². The highest BCUT2D eigenvalue weighted by atomic mass is 31.2. The Hall–Kier alpha value is -2.29. The molecule has 9 nitrogen and oxygen atoms in total. The molecule has 0 aliphatic carbocycles. The predicted molar refractivity (Wildman–Crippen MR) is 224 cm³/mol. The van der Waals surface area contributed by atoms with Gasteiger partial charge in [-0.05, 0) is 51.4 Å². The number of carbonyl (C=O) groups is 2. The number of hydrogen-bond acceptors (Lipinski definition) is 7. The molecule has 0 amide bonds. The largest absolute Gasteiger partial charge is 0.472 e. The number of likely N-dealkylation sites (N-methyl/N-ethyl adjacent to an activating group) is 1. The number of quaternary nitrogens is 1.